The number of nitriles is 1. The van der Waals surface area contributed by atoms with Crippen molar-refractivity contribution < 1.29 is 14.3 Å². The van der Waals surface area contributed by atoms with Crippen molar-refractivity contribution in [2.75, 3.05) is 43.6 Å². The molecule has 0 aromatic heterocycles. The lowest BCUT2D eigenvalue weighted by molar-refractivity contribution is -0.117. The molecule has 1 aliphatic heterocycles. The van der Waals surface area contributed by atoms with Gasteiger partial charge in [0.05, 0.1) is 37.7 Å². The van der Waals surface area contributed by atoms with E-state index in [-0.39, 0.29) is 11.6 Å². The Morgan fingerprint density at radius 1 is 1.20 bits per heavy atom. The third-order valence-electron chi connectivity index (χ3n) is 4.96. The zero-order chi connectivity index (χ0) is 21.3. The zero-order valence-electron chi connectivity index (χ0n) is 17.2. The molecule has 0 bridgehead atoms. The lowest BCUT2D eigenvalue weighted by Crippen LogP contribution is -2.36. The molecule has 156 valence electrons. The predicted octanol–water partition coefficient (Wildman–Crippen LogP) is 3.23. The van der Waals surface area contributed by atoms with E-state index in [0.717, 1.165) is 35.8 Å². The van der Waals surface area contributed by atoms with Crippen molar-refractivity contribution in [2.45, 2.75) is 13.0 Å². The Morgan fingerprint density at radius 3 is 2.57 bits per heavy atom. The standard InChI is InChI=1S/C23H26N4O3/c1-17(18-7-9-20(29-2)10-8-18)26-23(28)19(15-24)16-25-21-5-3-4-6-22(21)27-11-13-30-14-12-27/h3-10,16-17,25H,11-14H2,1-2H3,(H,26,28)/b19-16-. The Kier molecular flexibility index (Phi) is 7.30. The summed E-state index contributed by atoms with van der Waals surface area (Å²) in [5, 5.41) is 15.5. The molecule has 2 N–H and O–H groups in total. The number of ether oxygens (including phenoxy) is 2. The molecule has 7 heteroatoms. The summed E-state index contributed by atoms with van der Waals surface area (Å²) in [4.78, 5) is 14.8. The number of benzene rings is 2. The minimum Gasteiger partial charge on any atom is -0.497 e. The third-order valence-corrected chi connectivity index (χ3v) is 4.96. The molecule has 1 fully saturated rings. The molecule has 0 spiro atoms. The number of rotatable bonds is 7. The van der Waals surface area contributed by atoms with Crippen LogP contribution in [0.5, 0.6) is 5.75 Å². The van der Waals surface area contributed by atoms with Gasteiger partial charge in [0.25, 0.3) is 5.91 Å². The summed E-state index contributed by atoms with van der Waals surface area (Å²) in [6, 6.07) is 17.0. The van der Waals surface area contributed by atoms with Crippen LogP contribution in [0.3, 0.4) is 0 Å². The van der Waals surface area contributed by atoms with Crippen LogP contribution in [0.4, 0.5) is 11.4 Å². The summed E-state index contributed by atoms with van der Waals surface area (Å²) in [5.74, 6) is 0.315. The van der Waals surface area contributed by atoms with Gasteiger partial charge in [0.15, 0.2) is 0 Å². The molecule has 1 heterocycles. The van der Waals surface area contributed by atoms with Crippen molar-refractivity contribution in [1.29, 1.82) is 5.26 Å². The highest BCUT2D eigenvalue weighted by atomic mass is 16.5. The molecule has 2 aromatic carbocycles. The summed E-state index contributed by atoms with van der Waals surface area (Å²) in [6.07, 6.45) is 1.45. The predicted molar refractivity (Wildman–Crippen MR) is 116 cm³/mol. The first-order chi connectivity index (χ1) is 14.6. The molecule has 1 unspecified atom stereocenters. The van der Waals surface area contributed by atoms with E-state index in [9.17, 15) is 10.1 Å². The van der Waals surface area contributed by atoms with Gasteiger partial charge < -0.3 is 25.0 Å². The zero-order valence-corrected chi connectivity index (χ0v) is 17.2. The molecule has 1 atom stereocenters. The lowest BCUT2D eigenvalue weighted by Gasteiger charge is -2.30. The van der Waals surface area contributed by atoms with Crippen LogP contribution in [0, 0.1) is 11.3 Å². The maximum absolute atomic E-state index is 12.6. The van der Waals surface area contributed by atoms with Gasteiger partial charge in [0.1, 0.15) is 17.4 Å². The second-order valence-corrected chi connectivity index (χ2v) is 6.90. The highest BCUT2D eigenvalue weighted by Crippen LogP contribution is 2.26. The number of hydrogen-bond donors (Lipinski definition) is 2. The van der Waals surface area contributed by atoms with Crippen molar-refractivity contribution >= 4 is 17.3 Å². The number of hydrogen-bond acceptors (Lipinski definition) is 6. The van der Waals surface area contributed by atoms with Gasteiger partial charge in [-0.15, -0.1) is 0 Å². The molecule has 0 radical (unpaired) electrons. The van der Waals surface area contributed by atoms with E-state index in [1.165, 1.54) is 6.20 Å². The Bertz CT molecular complexity index is 928. The topological polar surface area (TPSA) is 86.6 Å². The van der Waals surface area contributed by atoms with E-state index in [1.54, 1.807) is 7.11 Å². The SMILES string of the molecule is COc1ccc(C(C)NC(=O)/C(C#N)=C\Nc2ccccc2N2CCOCC2)cc1. The molecule has 2 aromatic rings. The van der Waals surface area contributed by atoms with Crippen LogP contribution in [0.15, 0.2) is 60.3 Å². The first-order valence-electron chi connectivity index (χ1n) is 9.85. The average molecular weight is 406 g/mol. The molecule has 1 amide bonds. The van der Waals surface area contributed by atoms with E-state index >= 15 is 0 Å². The molecular weight excluding hydrogens is 380 g/mol. The third kappa shape index (κ3) is 5.31. The Balaban J connectivity index is 1.68. The summed E-state index contributed by atoms with van der Waals surface area (Å²) >= 11 is 0. The number of para-hydroxylation sites is 2. The number of morpholine rings is 1. The van der Waals surface area contributed by atoms with Crippen LogP contribution in [-0.4, -0.2) is 39.3 Å². The van der Waals surface area contributed by atoms with Gasteiger partial charge in [-0.3, -0.25) is 4.79 Å². The molecule has 1 saturated heterocycles. The van der Waals surface area contributed by atoms with Crippen LogP contribution in [0.25, 0.3) is 0 Å². The van der Waals surface area contributed by atoms with Gasteiger partial charge in [-0.05, 0) is 36.8 Å². The van der Waals surface area contributed by atoms with Crippen LogP contribution in [-0.2, 0) is 9.53 Å². The highest BCUT2D eigenvalue weighted by molar-refractivity contribution is 5.97. The van der Waals surface area contributed by atoms with Gasteiger partial charge in [-0.2, -0.15) is 5.26 Å². The Morgan fingerprint density at radius 2 is 1.90 bits per heavy atom. The van der Waals surface area contributed by atoms with Crippen LogP contribution in [0.2, 0.25) is 0 Å². The van der Waals surface area contributed by atoms with Gasteiger partial charge in [-0.25, -0.2) is 0 Å². The van der Waals surface area contributed by atoms with E-state index < -0.39 is 5.91 Å². The smallest absolute Gasteiger partial charge is 0.263 e. The number of methoxy groups -OCH3 is 1. The number of nitrogens with one attached hydrogen (secondary N) is 2. The monoisotopic (exact) mass is 406 g/mol. The van der Waals surface area contributed by atoms with E-state index in [2.05, 4.69) is 15.5 Å². The number of anilines is 2. The molecule has 3 rings (SSSR count). The lowest BCUT2D eigenvalue weighted by atomic mass is 10.1. The van der Waals surface area contributed by atoms with Crippen LogP contribution < -0.4 is 20.3 Å². The minimum atomic E-state index is -0.433. The first kappa shape index (κ1) is 21.2. The molecule has 7 nitrogen and oxygen atoms in total. The van der Waals surface area contributed by atoms with Crippen LogP contribution >= 0.6 is 0 Å². The largest absolute Gasteiger partial charge is 0.497 e. The van der Waals surface area contributed by atoms with Crippen molar-refractivity contribution in [2.24, 2.45) is 0 Å². The first-order valence-corrected chi connectivity index (χ1v) is 9.85. The quantitative estimate of drug-likeness (QED) is 0.542. The van der Waals surface area contributed by atoms with Crippen molar-refractivity contribution in [3.63, 3.8) is 0 Å². The fourth-order valence-corrected chi connectivity index (χ4v) is 3.22. The summed E-state index contributed by atoms with van der Waals surface area (Å²) in [5.41, 5.74) is 2.78. The minimum absolute atomic E-state index is 0.00661. The van der Waals surface area contributed by atoms with Crippen LogP contribution in [0.1, 0.15) is 18.5 Å². The fraction of sp³-hybridized carbons (Fsp3) is 0.304. The highest BCUT2D eigenvalue weighted by Gasteiger charge is 2.16. The number of carbonyl (C=O) groups is 1. The normalized spacial score (nSPS) is 15.1. The average Bonchev–Trinajstić information content (AvgIpc) is 2.80. The molecule has 1 aliphatic rings. The summed E-state index contributed by atoms with van der Waals surface area (Å²) in [6.45, 7) is 4.83. The fourth-order valence-electron chi connectivity index (χ4n) is 3.22. The van der Waals surface area contributed by atoms with E-state index in [4.69, 9.17) is 9.47 Å². The Labute approximate surface area is 176 Å². The van der Waals surface area contributed by atoms with Crippen molar-refractivity contribution in [3.05, 3.63) is 65.9 Å². The van der Waals surface area contributed by atoms with Crippen molar-refractivity contribution in [1.82, 2.24) is 5.32 Å². The number of amides is 1. The van der Waals surface area contributed by atoms with E-state index in [1.807, 2.05) is 61.5 Å². The molecule has 0 saturated carbocycles. The second kappa shape index (κ2) is 10.3. The summed E-state index contributed by atoms with van der Waals surface area (Å²) in [7, 11) is 1.61. The van der Waals surface area contributed by atoms with Gasteiger partial charge in [0.2, 0.25) is 0 Å². The van der Waals surface area contributed by atoms with Gasteiger partial charge >= 0.3 is 0 Å². The maximum atomic E-state index is 12.6. The summed E-state index contributed by atoms with van der Waals surface area (Å²) < 4.78 is 10.6. The second-order valence-electron chi connectivity index (χ2n) is 6.90. The maximum Gasteiger partial charge on any atom is 0.263 e. The van der Waals surface area contributed by atoms with Crippen molar-refractivity contribution in [3.8, 4) is 11.8 Å². The number of carbonyl (C=O) groups excluding carboxylic acids is 1. The molecule has 0 aliphatic carbocycles. The Hall–Kier alpha value is -3.50. The van der Waals surface area contributed by atoms with E-state index in [0.29, 0.717) is 13.2 Å². The molecule has 30 heavy (non-hydrogen) atoms. The van der Waals surface area contributed by atoms with Gasteiger partial charge in [0, 0.05) is 19.3 Å². The van der Waals surface area contributed by atoms with Gasteiger partial charge in [-0.1, -0.05) is 24.3 Å². The number of nitrogens with zero attached hydrogens (tertiary/aromatic N) is 2. The molecular formula is C23H26N4O3.